The molecule has 0 amide bonds. The second kappa shape index (κ2) is 5.71. The van der Waals surface area contributed by atoms with Gasteiger partial charge in [-0.3, -0.25) is 0 Å². The highest BCUT2D eigenvalue weighted by Crippen LogP contribution is 2.29. The molecule has 0 fully saturated rings. The SMILES string of the molecule is CC(Oc1nc(Br)cnc1N)c1cc(F)ccc1Cl. The van der Waals surface area contributed by atoms with Crippen molar-refractivity contribution in [3.05, 3.63) is 45.4 Å². The summed E-state index contributed by atoms with van der Waals surface area (Å²) in [4.78, 5) is 7.96. The molecule has 0 saturated carbocycles. The number of rotatable bonds is 3. The molecule has 2 aromatic rings. The van der Waals surface area contributed by atoms with Gasteiger partial charge >= 0.3 is 0 Å². The second-order valence-electron chi connectivity index (χ2n) is 3.81. The molecule has 0 saturated heterocycles. The zero-order valence-corrected chi connectivity index (χ0v) is 12.2. The average molecular weight is 347 g/mol. The van der Waals surface area contributed by atoms with Gasteiger partial charge in [-0.25, -0.2) is 14.4 Å². The van der Waals surface area contributed by atoms with Crippen LogP contribution in [0.1, 0.15) is 18.6 Å². The normalized spacial score (nSPS) is 12.2. The van der Waals surface area contributed by atoms with Gasteiger partial charge in [0.25, 0.3) is 5.88 Å². The van der Waals surface area contributed by atoms with E-state index in [1.165, 1.54) is 24.4 Å². The van der Waals surface area contributed by atoms with Crippen molar-refractivity contribution in [1.82, 2.24) is 9.97 Å². The fraction of sp³-hybridized carbons (Fsp3) is 0.167. The first-order chi connectivity index (χ1) is 8.97. The quantitative estimate of drug-likeness (QED) is 0.919. The summed E-state index contributed by atoms with van der Waals surface area (Å²) >= 11 is 9.18. The molecule has 1 atom stereocenters. The van der Waals surface area contributed by atoms with Gasteiger partial charge in [-0.2, -0.15) is 0 Å². The molecule has 0 bridgehead atoms. The van der Waals surface area contributed by atoms with E-state index in [9.17, 15) is 4.39 Å². The lowest BCUT2D eigenvalue weighted by molar-refractivity contribution is 0.217. The number of halogens is 3. The van der Waals surface area contributed by atoms with Crippen LogP contribution in [0.4, 0.5) is 10.2 Å². The fourth-order valence-corrected chi connectivity index (χ4v) is 2.04. The first kappa shape index (κ1) is 14.0. The summed E-state index contributed by atoms with van der Waals surface area (Å²) in [5, 5.41) is 0.412. The molecule has 7 heteroatoms. The predicted molar refractivity (Wildman–Crippen MR) is 74.6 cm³/mol. The average Bonchev–Trinajstić information content (AvgIpc) is 2.36. The predicted octanol–water partition coefficient (Wildman–Crippen LogP) is 3.75. The summed E-state index contributed by atoms with van der Waals surface area (Å²) in [7, 11) is 0. The van der Waals surface area contributed by atoms with Crippen molar-refractivity contribution >= 4 is 33.3 Å². The number of nitrogens with two attached hydrogens (primary N) is 1. The zero-order valence-electron chi connectivity index (χ0n) is 9.90. The van der Waals surface area contributed by atoms with Crippen molar-refractivity contribution in [2.75, 3.05) is 5.73 Å². The standard InChI is InChI=1S/C12H10BrClFN3O/c1-6(8-4-7(15)2-3-9(8)14)19-12-11(16)17-5-10(13)18-12/h2-6H,1H3,(H2,16,17). The molecule has 1 heterocycles. The molecular formula is C12H10BrClFN3O. The summed E-state index contributed by atoms with van der Waals surface area (Å²) < 4.78 is 19.3. The summed E-state index contributed by atoms with van der Waals surface area (Å²) in [5.74, 6) is -0.0621. The summed E-state index contributed by atoms with van der Waals surface area (Å²) in [6.45, 7) is 1.72. The van der Waals surface area contributed by atoms with Crippen LogP contribution in [-0.4, -0.2) is 9.97 Å². The minimum atomic E-state index is -0.505. The number of hydrogen-bond acceptors (Lipinski definition) is 4. The molecular weight excluding hydrogens is 337 g/mol. The van der Waals surface area contributed by atoms with Crippen LogP contribution in [0.5, 0.6) is 5.88 Å². The van der Waals surface area contributed by atoms with Gasteiger partial charge in [0.15, 0.2) is 5.82 Å². The first-order valence-electron chi connectivity index (χ1n) is 5.37. The van der Waals surface area contributed by atoms with E-state index >= 15 is 0 Å². The van der Waals surface area contributed by atoms with Gasteiger partial charge in [0, 0.05) is 10.6 Å². The van der Waals surface area contributed by atoms with Crippen molar-refractivity contribution in [3.63, 3.8) is 0 Å². The third kappa shape index (κ3) is 3.33. The Hall–Kier alpha value is -1.40. The zero-order chi connectivity index (χ0) is 14.0. The molecule has 0 aliphatic rings. The van der Waals surface area contributed by atoms with E-state index in [1.54, 1.807) is 6.92 Å². The van der Waals surface area contributed by atoms with Crippen LogP contribution in [0, 0.1) is 5.82 Å². The Labute approximate surface area is 122 Å². The Kier molecular flexibility index (Phi) is 4.21. The summed E-state index contributed by atoms with van der Waals surface area (Å²) in [6.07, 6.45) is 0.955. The fourth-order valence-electron chi connectivity index (χ4n) is 1.50. The minimum absolute atomic E-state index is 0.155. The van der Waals surface area contributed by atoms with Crippen molar-refractivity contribution in [1.29, 1.82) is 0 Å². The molecule has 4 nitrogen and oxygen atoms in total. The Morgan fingerprint density at radius 1 is 1.47 bits per heavy atom. The van der Waals surface area contributed by atoms with Gasteiger partial charge in [-0.1, -0.05) is 11.6 Å². The molecule has 1 unspecified atom stereocenters. The van der Waals surface area contributed by atoms with Crippen LogP contribution < -0.4 is 10.5 Å². The van der Waals surface area contributed by atoms with E-state index in [-0.39, 0.29) is 17.5 Å². The molecule has 19 heavy (non-hydrogen) atoms. The minimum Gasteiger partial charge on any atom is -0.467 e. The Morgan fingerprint density at radius 3 is 2.95 bits per heavy atom. The van der Waals surface area contributed by atoms with E-state index in [2.05, 4.69) is 25.9 Å². The number of ether oxygens (including phenoxy) is 1. The highest BCUT2D eigenvalue weighted by atomic mass is 79.9. The maximum Gasteiger partial charge on any atom is 0.258 e. The number of anilines is 1. The highest BCUT2D eigenvalue weighted by Gasteiger charge is 2.15. The van der Waals surface area contributed by atoms with Gasteiger partial charge in [-0.15, -0.1) is 0 Å². The van der Waals surface area contributed by atoms with Crippen LogP contribution >= 0.6 is 27.5 Å². The van der Waals surface area contributed by atoms with Gasteiger partial charge in [0.2, 0.25) is 0 Å². The van der Waals surface area contributed by atoms with Crippen molar-refractivity contribution in [3.8, 4) is 5.88 Å². The molecule has 2 N–H and O–H groups in total. The monoisotopic (exact) mass is 345 g/mol. The third-order valence-electron chi connectivity index (χ3n) is 2.42. The highest BCUT2D eigenvalue weighted by molar-refractivity contribution is 9.10. The molecule has 1 aromatic heterocycles. The van der Waals surface area contributed by atoms with Gasteiger partial charge in [0.1, 0.15) is 16.5 Å². The molecule has 0 spiro atoms. The molecule has 0 aliphatic carbocycles. The van der Waals surface area contributed by atoms with Crippen LogP contribution in [-0.2, 0) is 0 Å². The van der Waals surface area contributed by atoms with Crippen molar-refractivity contribution < 1.29 is 9.13 Å². The van der Waals surface area contributed by atoms with E-state index in [4.69, 9.17) is 22.1 Å². The number of benzene rings is 1. The van der Waals surface area contributed by atoms with E-state index in [0.29, 0.717) is 15.2 Å². The van der Waals surface area contributed by atoms with Gasteiger partial charge in [0.05, 0.1) is 6.20 Å². The number of nitrogen functional groups attached to an aromatic ring is 1. The Balaban J connectivity index is 2.27. The van der Waals surface area contributed by atoms with E-state index in [0.717, 1.165) is 0 Å². The second-order valence-corrected chi connectivity index (χ2v) is 5.03. The molecule has 0 aliphatic heterocycles. The van der Waals surface area contributed by atoms with Crippen LogP contribution in [0.15, 0.2) is 29.0 Å². The Morgan fingerprint density at radius 2 is 2.21 bits per heavy atom. The topological polar surface area (TPSA) is 61.0 Å². The molecule has 0 radical (unpaired) electrons. The lowest BCUT2D eigenvalue weighted by Crippen LogP contribution is -2.08. The summed E-state index contributed by atoms with van der Waals surface area (Å²) in [5.41, 5.74) is 6.17. The molecule has 1 aromatic carbocycles. The number of nitrogens with zero attached hydrogens (tertiary/aromatic N) is 2. The van der Waals surface area contributed by atoms with E-state index < -0.39 is 6.10 Å². The first-order valence-corrected chi connectivity index (χ1v) is 6.54. The largest absolute Gasteiger partial charge is 0.467 e. The van der Waals surface area contributed by atoms with Crippen molar-refractivity contribution in [2.24, 2.45) is 0 Å². The number of aromatic nitrogens is 2. The van der Waals surface area contributed by atoms with Gasteiger partial charge in [-0.05, 0) is 41.1 Å². The molecule has 2 rings (SSSR count). The van der Waals surface area contributed by atoms with Crippen LogP contribution in [0.25, 0.3) is 0 Å². The smallest absolute Gasteiger partial charge is 0.258 e. The lowest BCUT2D eigenvalue weighted by Gasteiger charge is -2.16. The lowest BCUT2D eigenvalue weighted by atomic mass is 10.1. The maximum atomic E-state index is 13.2. The van der Waals surface area contributed by atoms with Gasteiger partial charge < -0.3 is 10.5 Å². The van der Waals surface area contributed by atoms with Crippen LogP contribution in [0.2, 0.25) is 5.02 Å². The summed E-state index contributed by atoms with van der Waals surface area (Å²) in [6, 6.07) is 4.07. The van der Waals surface area contributed by atoms with Crippen molar-refractivity contribution in [2.45, 2.75) is 13.0 Å². The Bertz CT molecular complexity index is 612. The maximum absolute atomic E-state index is 13.2. The van der Waals surface area contributed by atoms with E-state index in [1.807, 2.05) is 0 Å². The third-order valence-corrected chi connectivity index (χ3v) is 3.15. The molecule has 100 valence electrons. The number of hydrogen-bond donors (Lipinski definition) is 1. The van der Waals surface area contributed by atoms with Crippen LogP contribution in [0.3, 0.4) is 0 Å².